The number of hydrogen-bond acceptors (Lipinski definition) is 5. The van der Waals surface area contributed by atoms with Crippen molar-refractivity contribution in [3.63, 3.8) is 0 Å². The zero-order valence-electron chi connectivity index (χ0n) is 17.9. The van der Waals surface area contributed by atoms with Gasteiger partial charge in [-0.3, -0.25) is 9.79 Å². The second-order valence-electron chi connectivity index (χ2n) is 8.25. The molecule has 2 aliphatic rings. The molecule has 2 fully saturated rings. The highest BCUT2D eigenvalue weighted by atomic mass is 35.5. The van der Waals surface area contributed by atoms with Crippen molar-refractivity contribution in [2.24, 2.45) is 16.6 Å². The van der Waals surface area contributed by atoms with E-state index in [2.05, 4.69) is 4.99 Å². The van der Waals surface area contributed by atoms with Gasteiger partial charge in [-0.15, -0.1) is 12.4 Å². The highest BCUT2D eigenvalue weighted by Gasteiger charge is 2.35. The molecule has 0 unspecified atom stereocenters. The first-order chi connectivity index (χ1) is 14.7. The molecule has 2 heterocycles. The first kappa shape index (κ1) is 24.8. The minimum absolute atomic E-state index is 0. The number of aliphatic imine (C=N–C) groups is 1. The Labute approximate surface area is 199 Å². The lowest BCUT2D eigenvalue weighted by atomic mass is 9.85. The molecule has 176 valence electrons. The molecule has 0 radical (unpaired) electrons. The van der Waals surface area contributed by atoms with E-state index in [1.807, 2.05) is 0 Å². The van der Waals surface area contributed by atoms with Gasteiger partial charge < -0.3 is 15.1 Å². The lowest BCUT2D eigenvalue weighted by molar-refractivity contribution is -0.137. The number of rotatable bonds is 4. The van der Waals surface area contributed by atoms with Crippen molar-refractivity contribution in [3.8, 4) is 0 Å². The minimum Gasteiger partial charge on any atom is -0.443 e. The number of carbonyl (C=O) groups excluding carboxylic acids is 1. The number of furan rings is 1. The summed E-state index contributed by atoms with van der Waals surface area (Å²) in [6.07, 6.45) is 3.30. The summed E-state index contributed by atoms with van der Waals surface area (Å²) in [5, 5.41) is 1.06. The van der Waals surface area contributed by atoms with E-state index in [-0.39, 0.29) is 48.5 Å². The Balaban J connectivity index is 0.00000289. The third kappa shape index (κ3) is 5.22. The van der Waals surface area contributed by atoms with Crippen molar-refractivity contribution in [3.05, 3.63) is 29.3 Å². The van der Waals surface area contributed by atoms with E-state index in [1.54, 1.807) is 30.0 Å². The molecule has 1 aromatic heterocycles. The van der Waals surface area contributed by atoms with Gasteiger partial charge in [-0.25, -0.2) is 8.42 Å². The number of sulfonamides is 1. The van der Waals surface area contributed by atoms with E-state index in [9.17, 15) is 13.2 Å². The van der Waals surface area contributed by atoms with Crippen LogP contribution in [0.2, 0.25) is 5.02 Å². The van der Waals surface area contributed by atoms with Gasteiger partial charge in [0.2, 0.25) is 11.0 Å². The largest absolute Gasteiger partial charge is 0.443 e. The second kappa shape index (κ2) is 9.99. The second-order valence-corrected chi connectivity index (χ2v) is 10.6. The number of hydrogen-bond donors (Lipinski definition) is 1. The van der Waals surface area contributed by atoms with E-state index < -0.39 is 10.0 Å². The van der Waals surface area contributed by atoms with Crippen LogP contribution in [0.5, 0.6) is 0 Å². The lowest BCUT2D eigenvalue weighted by Gasteiger charge is -2.36. The number of amidine groups is 1. The highest BCUT2D eigenvalue weighted by molar-refractivity contribution is 7.89. The SMILES string of the molecule is CC(N)=NC1CCC(C(=O)N2CCN(S(=O)(=O)c3cc4cc(Cl)ccc4o3)CC2)CC1.Cl. The maximum atomic E-state index is 13.0. The Hall–Kier alpha value is -1.81. The predicted molar refractivity (Wildman–Crippen MR) is 127 cm³/mol. The summed E-state index contributed by atoms with van der Waals surface area (Å²) < 4.78 is 33.0. The maximum absolute atomic E-state index is 13.0. The van der Waals surface area contributed by atoms with E-state index >= 15 is 0 Å². The number of nitrogens with zero attached hydrogens (tertiary/aromatic N) is 3. The van der Waals surface area contributed by atoms with Crippen molar-refractivity contribution < 1.29 is 17.6 Å². The Morgan fingerprint density at radius 1 is 1.12 bits per heavy atom. The van der Waals surface area contributed by atoms with Gasteiger partial charge in [-0.05, 0) is 50.8 Å². The summed E-state index contributed by atoms with van der Waals surface area (Å²) in [5.41, 5.74) is 6.14. The fourth-order valence-corrected chi connectivity index (χ4v) is 5.94. The summed E-state index contributed by atoms with van der Waals surface area (Å²) >= 11 is 5.98. The molecule has 11 heteroatoms. The standard InChI is InChI=1S/C21H27ClN4O4S.ClH/c1-14(23)24-18-5-2-15(3-6-18)21(27)25-8-10-26(11-9-25)31(28,29)20-13-16-12-17(22)4-7-19(16)30-20;/h4,7,12-13,15,18H,2-3,5-6,8-11H2,1H3,(H2,23,24);1H. The number of amides is 1. The summed E-state index contributed by atoms with van der Waals surface area (Å²) in [7, 11) is -3.77. The van der Waals surface area contributed by atoms with E-state index in [4.69, 9.17) is 21.8 Å². The number of benzene rings is 1. The van der Waals surface area contributed by atoms with Crippen molar-refractivity contribution >= 4 is 56.7 Å². The van der Waals surface area contributed by atoms with Crippen LogP contribution in [0.3, 0.4) is 0 Å². The molecule has 1 aliphatic carbocycles. The molecule has 4 rings (SSSR count). The summed E-state index contributed by atoms with van der Waals surface area (Å²) in [4.78, 5) is 19.1. The number of fused-ring (bicyclic) bond motifs is 1. The molecular weight excluding hydrogens is 475 g/mol. The van der Waals surface area contributed by atoms with Crippen LogP contribution in [-0.2, 0) is 14.8 Å². The summed E-state index contributed by atoms with van der Waals surface area (Å²) in [5.74, 6) is 0.676. The third-order valence-corrected chi connectivity index (χ3v) is 8.02. The van der Waals surface area contributed by atoms with Crippen LogP contribution < -0.4 is 5.73 Å². The molecule has 1 saturated carbocycles. The van der Waals surface area contributed by atoms with Crippen molar-refractivity contribution in [2.45, 2.75) is 43.7 Å². The summed E-state index contributed by atoms with van der Waals surface area (Å²) in [6.45, 7) is 3.04. The molecule has 1 aromatic carbocycles. The van der Waals surface area contributed by atoms with Crippen LogP contribution in [0, 0.1) is 5.92 Å². The minimum atomic E-state index is -3.77. The monoisotopic (exact) mass is 502 g/mol. The van der Waals surface area contributed by atoms with Gasteiger partial charge in [0.25, 0.3) is 10.0 Å². The quantitative estimate of drug-likeness (QED) is 0.509. The first-order valence-corrected chi connectivity index (χ1v) is 12.3. The molecule has 2 aromatic rings. The van der Waals surface area contributed by atoms with Crippen LogP contribution in [0.4, 0.5) is 0 Å². The topological polar surface area (TPSA) is 109 Å². The van der Waals surface area contributed by atoms with Gasteiger partial charge >= 0.3 is 0 Å². The lowest BCUT2D eigenvalue weighted by Crippen LogP contribution is -2.52. The van der Waals surface area contributed by atoms with Gasteiger partial charge in [0.05, 0.1) is 11.9 Å². The van der Waals surface area contributed by atoms with Gasteiger partial charge in [0, 0.05) is 48.6 Å². The molecule has 32 heavy (non-hydrogen) atoms. The van der Waals surface area contributed by atoms with E-state index in [0.29, 0.717) is 34.9 Å². The van der Waals surface area contributed by atoms with Crippen LogP contribution >= 0.6 is 24.0 Å². The maximum Gasteiger partial charge on any atom is 0.276 e. The molecule has 8 nitrogen and oxygen atoms in total. The molecule has 1 amide bonds. The molecule has 1 aliphatic heterocycles. The van der Waals surface area contributed by atoms with Crippen molar-refractivity contribution in [1.29, 1.82) is 0 Å². The van der Waals surface area contributed by atoms with Gasteiger partial charge in [-0.1, -0.05) is 11.6 Å². The van der Waals surface area contributed by atoms with E-state index in [0.717, 1.165) is 25.7 Å². The smallest absolute Gasteiger partial charge is 0.276 e. The molecule has 1 saturated heterocycles. The number of nitrogens with two attached hydrogens (primary N) is 1. The van der Waals surface area contributed by atoms with Crippen LogP contribution in [-0.4, -0.2) is 61.6 Å². The number of piperazine rings is 1. The Kier molecular flexibility index (Phi) is 7.75. The average Bonchev–Trinajstić information content (AvgIpc) is 3.17. The Morgan fingerprint density at radius 2 is 1.78 bits per heavy atom. The van der Waals surface area contributed by atoms with Gasteiger partial charge in [-0.2, -0.15) is 4.31 Å². The molecule has 0 atom stereocenters. The first-order valence-electron chi connectivity index (χ1n) is 10.5. The number of carbonyl (C=O) groups is 1. The molecule has 2 N–H and O–H groups in total. The molecular formula is C21H28Cl2N4O4S. The van der Waals surface area contributed by atoms with E-state index in [1.165, 1.54) is 10.4 Å². The van der Waals surface area contributed by atoms with Crippen LogP contribution in [0.15, 0.2) is 38.8 Å². The Morgan fingerprint density at radius 3 is 2.41 bits per heavy atom. The molecule has 0 spiro atoms. The van der Waals surface area contributed by atoms with Gasteiger partial charge in [0.1, 0.15) is 5.58 Å². The fourth-order valence-electron chi connectivity index (χ4n) is 4.39. The normalized spacial score (nSPS) is 23.2. The third-order valence-electron chi connectivity index (χ3n) is 6.03. The summed E-state index contributed by atoms with van der Waals surface area (Å²) in [6, 6.07) is 6.69. The van der Waals surface area contributed by atoms with Crippen LogP contribution in [0.1, 0.15) is 32.6 Å². The zero-order chi connectivity index (χ0) is 22.2. The Bertz CT molecular complexity index is 1100. The zero-order valence-corrected chi connectivity index (χ0v) is 20.3. The number of halogens is 2. The van der Waals surface area contributed by atoms with Crippen molar-refractivity contribution in [1.82, 2.24) is 9.21 Å². The highest BCUT2D eigenvalue weighted by Crippen LogP contribution is 2.30. The van der Waals surface area contributed by atoms with Crippen molar-refractivity contribution in [2.75, 3.05) is 26.2 Å². The van der Waals surface area contributed by atoms with Crippen LogP contribution in [0.25, 0.3) is 11.0 Å². The van der Waals surface area contributed by atoms with Gasteiger partial charge in [0.15, 0.2) is 0 Å². The predicted octanol–water partition coefficient (Wildman–Crippen LogP) is 3.28. The average molecular weight is 503 g/mol. The fraction of sp³-hybridized carbons (Fsp3) is 0.524. The molecule has 0 bridgehead atoms.